The maximum atomic E-state index is 12.6. The molecule has 0 saturated carbocycles. The van der Waals surface area contributed by atoms with E-state index in [-0.39, 0.29) is 11.3 Å². The Bertz CT molecular complexity index is 3070. The van der Waals surface area contributed by atoms with Crippen LogP contribution in [0.1, 0.15) is 0 Å². The summed E-state index contributed by atoms with van der Waals surface area (Å²) in [6.07, 6.45) is 0. The van der Waals surface area contributed by atoms with Gasteiger partial charge in [0.25, 0.3) is 20.2 Å². The molecule has 0 amide bonds. The molecule has 0 fully saturated rings. The summed E-state index contributed by atoms with van der Waals surface area (Å²) in [7, 11) is -10.2. The summed E-state index contributed by atoms with van der Waals surface area (Å²) < 4.78 is 69.9. The normalized spacial score (nSPS) is 13.1. The molecule has 0 radical (unpaired) electrons. The van der Waals surface area contributed by atoms with Gasteiger partial charge >= 0.3 is 0 Å². The zero-order valence-electron chi connectivity index (χ0n) is 24.4. The Hall–Kier alpha value is -5.66. The van der Waals surface area contributed by atoms with Gasteiger partial charge in [0.2, 0.25) is 0 Å². The lowest BCUT2D eigenvalue weighted by Gasteiger charge is -2.12. The molecule has 0 saturated heterocycles. The van der Waals surface area contributed by atoms with Crippen LogP contribution in [-0.4, -0.2) is 45.9 Å². The fraction of sp³-hybridized carbons (Fsp3) is 0. The van der Waals surface area contributed by atoms with Crippen molar-refractivity contribution in [3.05, 3.63) is 97.1 Å². The number of hydrogen-bond acceptors (Lipinski definition) is 8. The van der Waals surface area contributed by atoms with Crippen LogP contribution < -0.4 is 0 Å². The Kier molecular flexibility index (Phi) is 5.16. The molecule has 2 heterocycles. The van der Waals surface area contributed by atoms with E-state index in [1.54, 1.807) is 24.3 Å². The van der Waals surface area contributed by atoms with E-state index in [4.69, 9.17) is 19.9 Å². The number of fused-ring (bicyclic) bond motifs is 8. The minimum Gasteiger partial charge on any atom is -0.282 e. The molecule has 230 valence electrons. The van der Waals surface area contributed by atoms with Crippen molar-refractivity contribution >= 4 is 63.8 Å². The second kappa shape index (κ2) is 9.02. The van der Waals surface area contributed by atoms with Crippen molar-refractivity contribution in [1.29, 1.82) is 0 Å². The Morgan fingerprint density at radius 2 is 0.938 bits per heavy atom. The fourth-order valence-electron chi connectivity index (χ4n) is 7.23. The van der Waals surface area contributed by atoms with Crippen molar-refractivity contribution in [1.82, 2.24) is 19.9 Å². The van der Waals surface area contributed by atoms with E-state index >= 15 is 0 Å². The first-order valence-corrected chi connectivity index (χ1v) is 17.6. The molecule has 0 unspecified atom stereocenters. The third kappa shape index (κ3) is 3.67. The van der Waals surface area contributed by atoms with Crippen LogP contribution in [0, 0.1) is 0 Å². The average molecular weight is 667 g/mol. The van der Waals surface area contributed by atoms with E-state index < -0.39 is 30.0 Å². The van der Waals surface area contributed by atoms with Gasteiger partial charge in [-0.15, -0.1) is 0 Å². The molecular weight excluding hydrogens is 649 g/mol. The largest absolute Gasteiger partial charge is 0.296 e. The summed E-state index contributed by atoms with van der Waals surface area (Å²) in [4.78, 5) is 17.8. The highest BCUT2D eigenvalue weighted by Crippen LogP contribution is 2.51. The number of hydrogen-bond donors (Lipinski definition) is 2. The second-order valence-corrected chi connectivity index (χ2v) is 14.6. The topological polar surface area (TPSA) is 160 Å². The van der Waals surface area contributed by atoms with Crippen molar-refractivity contribution in [3.63, 3.8) is 0 Å². The minimum atomic E-state index is -5.12. The van der Waals surface area contributed by atoms with E-state index in [1.165, 1.54) is 0 Å². The van der Waals surface area contributed by atoms with Gasteiger partial charge in [0.05, 0.1) is 44.8 Å². The molecule has 0 aliphatic heterocycles. The molecule has 8 aromatic rings. The maximum absolute atomic E-state index is 12.6. The molecule has 0 atom stereocenters. The molecule has 10 rings (SSSR count). The van der Waals surface area contributed by atoms with Crippen LogP contribution in [0.25, 0.3) is 99.8 Å². The van der Waals surface area contributed by atoms with Crippen molar-refractivity contribution in [3.8, 4) is 56.2 Å². The standard InChI is InChI=1S/C36H18N4O6S2/c41-47(42,43)28-16-20-6-3-9-23-30(20)31(36(28)48(44,45)46)35-34(23)40-27-15-19(11-13-25(27)38-35)18-10-12-24-26(14-18)39-33-22-8-2-5-17-4-1-7-21(29(17)22)32(33)37-24/h1-16H,(H,41,42,43)(H,44,45,46). The Morgan fingerprint density at radius 1 is 0.458 bits per heavy atom. The molecule has 2 aliphatic rings. The summed E-state index contributed by atoms with van der Waals surface area (Å²) in [5.41, 5.74) is 8.84. The summed E-state index contributed by atoms with van der Waals surface area (Å²) in [6.45, 7) is 0. The van der Waals surface area contributed by atoms with Crippen LogP contribution >= 0.6 is 0 Å². The van der Waals surface area contributed by atoms with E-state index in [1.807, 2.05) is 42.5 Å². The number of rotatable bonds is 3. The first-order valence-electron chi connectivity index (χ1n) is 14.8. The molecular formula is C36H18N4O6S2. The lowest BCUT2D eigenvalue weighted by molar-refractivity contribution is 0.467. The molecule has 2 aliphatic carbocycles. The first-order chi connectivity index (χ1) is 23.0. The quantitative estimate of drug-likeness (QED) is 0.183. The SMILES string of the molecule is O=S(=O)(O)c1cc2cccc3c2c(c1S(=O)(=O)O)-c1nc2ccc(-c4ccc5nc6c(nc5c4)-c4cccc5cccc-6c45)cc2nc1-3. The summed E-state index contributed by atoms with van der Waals surface area (Å²) in [5, 5.41) is 3.00. The highest BCUT2D eigenvalue weighted by atomic mass is 32.2. The monoisotopic (exact) mass is 666 g/mol. The van der Waals surface area contributed by atoms with E-state index in [9.17, 15) is 25.9 Å². The van der Waals surface area contributed by atoms with Gasteiger partial charge in [0, 0.05) is 33.0 Å². The Morgan fingerprint density at radius 3 is 1.48 bits per heavy atom. The number of nitrogens with zero attached hydrogens (tertiary/aromatic N) is 4. The minimum absolute atomic E-state index is 0.0884. The lowest BCUT2D eigenvalue weighted by Crippen LogP contribution is -2.10. The van der Waals surface area contributed by atoms with Gasteiger partial charge in [-0.1, -0.05) is 66.7 Å². The second-order valence-electron chi connectivity index (χ2n) is 11.9. The zero-order chi connectivity index (χ0) is 32.7. The van der Waals surface area contributed by atoms with Crippen LogP contribution in [0.4, 0.5) is 0 Å². The zero-order valence-corrected chi connectivity index (χ0v) is 26.0. The van der Waals surface area contributed by atoms with Gasteiger partial charge in [-0.05, 0) is 52.2 Å². The molecule has 12 heteroatoms. The number of benzene rings is 6. The van der Waals surface area contributed by atoms with Crippen LogP contribution in [0.5, 0.6) is 0 Å². The van der Waals surface area contributed by atoms with Crippen LogP contribution in [0.15, 0.2) is 107 Å². The first kappa shape index (κ1) is 27.5. The van der Waals surface area contributed by atoms with Gasteiger partial charge in [0.15, 0.2) is 0 Å². The number of aromatic nitrogens is 4. The van der Waals surface area contributed by atoms with E-state index in [2.05, 4.69) is 24.3 Å². The molecule has 6 aromatic carbocycles. The highest BCUT2D eigenvalue weighted by molar-refractivity contribution is 7.89. The molecule has 0 spiro atoms. The van der Waals surface area contributed by atoms with E-state index in [0.29, 0.717) is 33.1 Å². The van der Waals surface area contributed by atoms with Crippen molar-refractivity contribution in [2.45, 2.75) is 9.79 Å². The predicted octanol–water partition coefficient (Wildman–Crippen LogP) is 7.33. The lowest BCUT2D eigenvalue weighted by atomic mass is 10.0. The van der Waals surface area contributed by atoms with Gasteiger partial charge < -0.3 is 0 Å². The van der Waals surface area contributed by atoms with Gasteiger partial charge in [0.1, 0.15) is 9.79 Å². The average Bonchev–Trinajstić information content (AvgIpc) is 3.55. The summed E-state index contributed by atoms with van der Waals surface area (Å²) in [5.74, 6) is 0. The third-order valence-corrected chi connectivity index (χ3v) is 11.1. The summed E-state index contributed by atoms with van der Waals surface area (Å²) >= 11 is 0. The molecule has 2 N–H and O–H groups in total. The Balaban J connectivity index is 1.15. The molecule has 10 nitrogen and oxygen atoms in total. The van der Waals surface area contributed by atoms with E-state index in [0.717, 1.165) is 61.5 Å². The Labute approximate surface area is 271 Å². The highest BCUT2D eigenvalue weighted by Gasteiger charge is 2.36. The maximum Gasteiger partial charge on any atom is 0.296 e. The van der Waals surface area contributed by atoms with Crippen LogP contribution in [0.3, 0.4) is 0 Å². The van der Waals surface area contributed by atoms with Gasteiger partial charge in [-0.3, -0.25) is 9.11 Å². The van der Waals surface area contributed by atoms with Crippen molar-refractivity contribution < 1.29 is 25.9 Å². The molecule has 2 aromatic heterocycles. The fourth-order valence-corrected chi connectivity index (χ4v) is 9.24. The van der Waals surface area contributed by atoms with Gasteiger partial charge in [-0.2, -0.15) is 16.8 Å². The molecule has 48 heavy (non-hydrogen) atoms. The van der Waals surface area contributed by atoms with Crippen molar-refractivity contribution in [2.75, 3.05) is 0 Å². The predicted molar refractivity (Wildman–Crippen MR) is 182 cm³/mol. The molecule has 0 bridgehead atoms. The van der Waals surface area contributed by atoms with Gasteiger partial charge in [-0.25, -0.2) is 19.9 Å². The third-order valence-electron chi connectivity index (χ3n) is 9.19. The van der Waals surface area contributed by atoms with Crippen molar-refractivity contribution in [2.24, 2.45) is 0 Å². The van der Waals surface area contributed by atoms with Crippen LogP contribution in [-0.2, 0) is 20.2 Å². The smallest absolute Gasteiger partial charge is 0.282 e. The van der Waals surface area contributed by atoms with Crippen LogP contribution in [0.2, 0.25) is 0 Å². The summed E-state index contributed by atoms with van der Waals surface area (Å²) in [6, 6.07) is 29.8.